The van der Waals surface area contributed by atoms with Gasteiger partial charge < -0.3 is 4.43 Å². The highest BCUT2D eigenvalue weighted by Crippen LogP contribution is 2.15. The topological polar surface area (TPSA) is 9.23 Å². The first-order valence-corrected chi connectivity index (χ1v) is 8.45. The van der Waals surface area contributed by atoms with Crippen molar-refractivity contribution < 1.29 is 4.43 Å². The predicted molar refractivity (Wildman–Crippen MR) is 69.0 cm³/mol. The summed E-state index contributed by atoms with van der Waals surface area (Å²) in [5.41, 5.74) is 0. The smallest absolute Gasteiger partial charge is 0.220 e. The maximum atomic E-state index is 5.81. The maximum Gasteiger partial charge on any atom is 0.220 e. The SMILES string of the molecule is CCCCC[Si](C)(OC)c1ccccc1. The van der Waals surface area contributed by atoms with Crippen LogP contribution < -0.4 is 5.19 Å². The van der Waals surface area contributed by atoms with E-state index in [1.807, 2.05) is 7.11 Å². The summed E-state index contributed by atoms with van der Waals surface area (Å²) in [6.07, 6.45) is 3.89. The molecule has 2 heteroatoms. The molecule has 0 aliphatic heterocycles. The standard InChI is InChI=1S/C13H22OSi/c1-4-5-9-12-15(3,14-2)13-10-7-6-8-11-13/h6-8,10-11H,4-5,9,12H2,1-3H3. The minimum absolute atomic E-state index is 1.24. The molecule has 0 saturated carbocycles. The van der Waals surface area contributed by atoms with E-state index in [-0.39, 0.29) is 0 Å². The number of hydrogen-bond donors (Lipinski definition) is 0. The molecule has 0 amide bonds. The average molecular weight is 222 g/mol. The lowest BCUT2D eigenvalue weighted by Gasteiger charge is -2.25. The molecular formula is C13H22OSi. The van der Waals surface area contributed by atoms with Crippen molar-refractivity contribution in [3.05, 3.63) is 30.3 Å². The van der Waals surface area contributed by atoms with Crippen molar-refractivity contribution in [1.82, 2.24) is 0 Å². The van der Waals surface area contributed by atoms with Gasteiger partial charge in [-0.2, -0.15) is 0 Å². The molecule has 1 atom stereocenters. The fraction of sp³-hybridized carbons (Fsp3) is 0.538. The highest BCUT2D eigenvalue weighted by Gasteiger charge is 2.29. The summed E-state index contributed by atoms with van der Waals surface area (Å²) in [4.78, 5) is 0. The third-order valence-corrected chi connectivity index (χ3v) is 6.86. The Kier molecular flexibility index (Phi) is 5.06. The van der Waals surface area contributed by atoms with E-state index in [4.69, 9.17) is 4.43 Å². The van der Waals surface area contributed by atoms with E-state index in [1.54, 1.807) is 0 Å². The molecule has 1 nitrogen and oxygen atoms in total. The van der Waals surface area contributed by atoms with Gasteiger partial charge in [-0.25, -0.2) is 0 Å². The van der Waals surface area contributed by atoms with Gasteiger partial charge >= 0.3 is 0 Å². The molecule has 0 radical (unpaired) electrons. The Balaban J connectivity index is 2.67. The van der Waals surface area contributed by atoms with Crippen LogP contribution in [0, 0.1) is 0 Å². The van der Waals surface area contributed by atoms with Crippen molar-refractivity contribution >= 4 is 13.5 Å². The molecule has 0 fully saturated rings. The molecule has 0 bridgehead atoms. The molecule has 1 aromatic rings. The van der Waals surface area contributed by atoms with E-state index >= 15 is 0 Å². The third kappa shape index (κ3) is 3.47. The van der Waals surface area contributed by atoms with Crippen LogP contribution in [-0.4, -0.2) is 15.4 Å². The fourth-order valence-corrected chi connectivity index (χ4v) is 4.42. The van der Waals surface area contributed by atoms with E-state index in [1.165, 1.54) is 30.5 Å². The number of hydrogen-bond acceptors (Lipinski definition) is 1. The molecular weight excluding hydrogens is 200 g/mol. The molecule has 0 heterocycles. The second kappa shape index (κ2) is 6.08. The third-order valence-electron chi connectivity index (χ3n) is 3.09. The molecule has 1 aromatic carbocycles. The Bertz CT molecular complexity index is 273. The van der Waals surface area contributed by atoms with Crippen molar-refractivity contribution in [2.45, 2.75) is 38.8 Å². The zero-order valence-corrected chi connectivity index (χ0v) is 11.1. The van der Waals surface area contributed by atoms with E-state index in [0.717, 1.165) is 0 Å². The van der Waals surface area contributed by atoms with Crippen LogP contribution in [0.2, 0.25) is 12.6 Å². The fourth-order valence-electron chi connectivity index (χ4n) is 1.87. The molecule has 0 aromatic heterocycles. The van der Waals surface area contributed by atoms with Gasteiger partial charge in [-0.15, -0.1) is 0 Å². The van der Waals surface area contributed by atoms with E-state index in [0.29, 0.717) is 0 Å². The van der Waals surface area contributed by atoms with Crippen LogP contribution in [0.15, 0.2) is 30.3 Å². The first kappa shape index (κ1) is 12.5. The van der Waals surface area contributed by atoms with Gasteiger partial charge in [0.1, 0.15) is 0 Å². The van der Waals surface area contributed by atoms with Gasteiger partial charge in [0.05, 0.1) is 0 Å². The molecule has 15 heavy (non-hydrogen) atoms. The Hall–Kier alpha value is -0.603. The van der Waals surface area contributed by atoms with Crippen molar-refractivity contribution in [3.63, 3.8) is 0 Å². The lowest BCUT2D eigenvalue weighted by molar-refractivity contribution is 0.407. The van der Waals surface area contributed by atoms with Crippen molar-refractivity contribution in [2.24, 2.45) is 0 Å². The highest BCUT2D eigenvalue weighted by molar-refractivity contribution is 6.85. The summed E-state index contributed by atoms with van der Waals surface area (Å²) in [6.45, 7) is 4.56. The van der Waals surface area contributed by atoms with Gasteiger partial charge in [0, 0.05) is 7.11 Å². The molecule has 0 spiro atoms. The highest BCUT2D eigenvalue weighted by atomic mass is 28.4. The van der Waals surface area contributed by atoms with Gasteiger partial charge in [0.25, 0.3) is 0 Å². The van der Waals surface area contributed by atoms with Crippen molar-refractivity contribution in [2.75, 3.05) is 7.11 Å². The van der Waals surface area contributed by atoms with Crippen LogP contribution in [-0.2, 0) is 4.43 Å². The summed E-state index contributed by atoms with van der Waals surface area (Å²) < 4.78 is 5.81. The minimum Gasteiger partial charge on any atom is -0.416 e. The minimum atomic E-state index is -1.64. The first-order chi connectivity index (χ1) is 7.23. The number of rotatable bonds is 6. The van der Waals surface area contributed by atoms with Gasteiger partial charge in [-0.1, -0.05) is 56.5 Å². The van der Waals surface area contributed by atoms with Crippen LogP contribution in [0.4, 0.5) is 0 Å². The Morgan fingerprint density at radius 2 is 1.80 bits per heavy atom. The Morgan fingerprint density at radius 3 is 2.33 bits per heavy atom. The zero-order valence-electron chi connectivity index (χ0n) is 10.1. The number of benzene rings is 1. The van der Waals surface area contributed by atoms with Gasteiger partial charge in [-0.3, -0.25) is 0 Å². The number of unbranched alkanes of at least 4 members (excludes halogenated alkanes) is 2. The second-order valence-electron chi connectivity index (χ2n) is 4.26. The van der Waals surface area contributed by atoms with Crippen LogP contribution >= 0.6 is 0 Å². The predicted octanol–water partition coefficient (Wildman–Crippen LogP) is 3.31. The van der Waals surface area contributed by atoms with Crippen LogP contribution in [0.1, 0.15) is 26.2 Å². The molecule has 1 rings (SSSR count). The van der Waals surface area contributed by atoms with E-state index in [9.17, 15) is 0 Å². The lowest BCUT2D eigenvalue weighted by Crippen LogP contribution is -2.46. The molecule has 1 unspecified atom stereocenters. The summed E-state index contributed by atoms with van der Waals surface area (Å²) >= 11 is 0. The zero-order chi connectivity index (χ0) is 11.1. The molecule has 0 N–H and O–H groups in total. The largest absolute Gasteiger partial charge is 0.416 e. The second-order valence-corrected chi connectivity index (χ2v) is 8.21. The van der Waals surface area contributed by atoms with Crippen molar-refractivity contribution in [1.29, 1.82) is 0 Å². The van der Waals surface area contributed by atoms with Crippen molar-refractivity contribution in [3.8, 4) is 0 Å². The Labute approximate surface area is 94.6 Å². The van der Waals surface area contributed by atoms with Crippen LogP contribution in [0.5, 0.6) is 0 Å². The molecule has 0 aliphatic rings. The normalized spacial score (nSPS) is 14.9. The maximum absolute atomic E-state index is 5.81. The summed E-state index contributed by atoms with van der Waals surface area (Å²) in [6, 6.07) is 11.9. The van der Waals surface area contributed by atoms with Gasteiger partial charge in [-0.05, 0) is 17.8 Å². The van der Waals surface area contributed by atoms with Gasteiger partial charge in [0.2, 0.25) is 8.32 Å². The first-order valence-electron chi connectivity index (χ1n) is 5.83. The molecule has 0 aliphatic carbocycles. The van der Waals surface area contributed by atoms with Crippen LogP contribution in [0.3, 0.4) is 0 Å². The van der Waals surface area contributed by atoms with Gasteiger partial charge in [0.15, 0.2) is 0 Å². The summed E-state index contributed by atoms with van der Waals surface area (Å²) in [5.74, 6) is 0. The summed E-state index contributed by atoms with van der Waals surface area (Å²) in [5, 5.41) is 1.42. The quantitative estimate of drug-likeness (QED) is 0.530. The van der Waals surface area contributed by atoms with E-state index in [2.05, 4.69) is 43.8 Å². The summed E-state index contributed by atoms with van der Waals surface area (Å²) in [7, 11) is 0.230. The van der Waals surface area contributed by atoms with Crippen LogP contribution in [0.25, 0.3) is 0 Å². The Morgan fingerprint density at radius 1 is 1.13 bits per heavy atom. The van der Waals surface area contributed by atoms with E-state index < -0.39 is 8.32 Å². The monoisotopic (exact) mass is 222 g/mol. The molecule has 0 saturated heterocycles. The average Bonchev–Trinajstić information content (AvgIpc) is 2.30. The lowest BCUT2D eigenvalue weighted by atomic mass is 10.3. The molecule has 84 valence electrons.